The third kappa shape index (κ3) is 2.72. The van der Waals surface area contributed by atoms with E-state index in [9.17, 15) is 9.18 Å². The van der Waals surface area contributed by atoms with Crippen molar-refractivity contribution >= 4 is 21.8 Å². The van der Waals surface area contributed by atoms with Crippen molar-refractivity contribution in [3.63, 3.8) is 0 Å². The Morgan fingerprint density at radius 3 is 2.78 bits per heavy atom. The van der Waals surface area contributed by atoms with Gasteiger partial charge in [-0.2, -0.15) is 0 Å². The smallest absolute Gasteiger partial charge is 0.256 e. The molecule has 1 aromatic carbocycles. The van der Waals surface area contributed by atoms with Crippen molar-refractivity contribution in [1.82, 2.24) is 10.2 Å². The molecule has 0 saturated carbocycles. The van der Waals surface area contributed by atoms with Gasteiger partial charge in [0.1, 0.15) is 5.82 Å². The van der Waals surface area contributed by atoms with Gasteiger partial charge in [0.15, 0.2) is 0 Å². The van der Waals surface area contributed by atoms with Crippen molar-refractivity contribution in [1.29, 1.82) is 0 Å². The van der Waals surface area contributed by atoms with Crippen LogP contribution in [0.15, 0.2) is 22.7 Å². The summed E-state index contributed by atoms with van der Waals surface area (Å²) in [6.07, 6.45) is 1.83. The second-order valence-corrected chi connectivity index (χ2v) is 5.35. The van der Waals surface area contributed by atoms with Crippen molar-refractivity contribution in [2.45, 2.75) is 18.9 Å². The average Bonchev–Trinajstić information content (AvgIpc) is 2.41. The number of rotatable bonds is 2. The average molecular weight is 315 g/mol. The second kappa shape index (κ2) is 5.80. The fraction of sp³-hybridized carbons (Fsp3) is 0.462. The van der Waals surface area contributed by atoms with E-state index in [0.29, 0.717) is 4.47 Å². The topological polar surface area (TPSA) is 32.3 Å². The molecule has 1 fully saturated rings. The second-order valence-electron chi connectivity index (χ2n) is 4.50. The molecule has 0 bridgehead atoms. The summed E-state index contributed by atoms with van der Waals surface area (Å²) in [5.74, 6) is -0.732. The van der Waals surface area contributed by atoms with Gasteiger partial charge < -0.3 is 10.2 Å². The molecule has 1 aromatic rings. The van der Waals surface area contributed by atoms with Crippen LogP contribution < -0.4 is 5.32 Å². The lowest BCUT2D eigenvalue weighted by Gasteiger charge is -2.31. The highest BCUT2D eigenvalue weighted by Gasteiger charge is 2.25. The quantitative estimate of drug-likeness (QED) is 0.909. The number of nitrogens with zero attached hydrogens (tertiary/aromatic N) is 1. The van der Waals surface area contributed by atoms with E-state index < -0.39 is 5.82 Å². The summed E-state index contributed by atoms with van der Waals surface area (Å²) < 4.78 is 14.2. The molecule has 1 aliphatic heterocycles. The maximum Gasteiger partial charge on any atom is 0.256 e. The van der Waals surface area contributed by atoms with Crippen molar-refractivity contribution in [2.75, 3.05) is 20.1 Å². The lowest BCUT2D eigenvalue weighted by atomic mass is 10.0. The van der Waals surface area contributed by atoms with Crippen LogP contribution in [0, 0.1) is 5.82 Å². The Hall–Kier alpha value is -0.940. The van der Waals surface area contributed by atoms with Crippen LogP contribution in [0.5, 0.6) is 0 Å². The highest BCUT2D eigenvalue weighted by atomic mass is 79.9. The molecule has 1 heterocycles. The van der Waals surface area contributed by atoms with Gasteiger partial charge in [0.25, 0.3) is 5.91 Å². The van der Waals surface area contributed by atoms with E-state index in [2.05, 4.69) is 21.2 Å². The Bertz CT molecular complexity index is 447. The first-order valence-electron chi connectivity index (χ1n) is 6.03. The maximum atomic E-state index is 13.9. The first-order valence-corrected chi connectivity index (χ1v) is 6.82. The molecular formula is C13H16BrFN2O. The zero-order chi connectivity index (χ0) is 13.1. The van der Waals surface area contributed by atoms with Gasteiger partial charge in [-0.25, -0.2) is 4.39 Å². The number of benzene rings is 1. The summed E-state index contributed by atoms with van der Waals surface area (Å²) >= 11 is 3.10. The van der Waals surface area contributed by atoms with Crippen LogP contribution in [-0.4, -0.2) is 37.0 Å². The fourth-order valence-electron chi connectivity index (χ4n) is 2.22. The molecule has 0 atom stereocenters. The molecule has 98 valence electrons. The van der Waals surface area contributed by atoms with E-state index in [0.717, 1.165) is 25.9 Å². The van der Waals surface area contributed by atoms with E-state index in [1.165, 1.54) is 6.07 Å². The van der Waals surface area contributed by atoms with Crippen LogP contribution in [0.2, 0.25) is 0 Å². The lowest BCUT2D eigenvalue weighted by Crippen LogP contribution is -2.44. The zero-order valence-corrected chi connectivity index (χ0v) is 11.8. The van der Waals surface area contributed by atoms with Gasteiger partial charge in [-0.05, 0) is 54.0 Å². The van der Waals surface area contributed by atoms with Gasteiger partial charge in [-0.1, -0.05) is 6.07 Å². The third-order valence-electron chi connectivity index (χ3n) is 3.36. The lowest BCUT2D eigenvalue weighted by molar-refractivity contribution is 0.0698. The minimum absolute atomic E-state index is 0.130. The van der Waals surface area contributed by atoms with Crippen molar-refractivity contribution in [3.05, 3.63) is 34.1 Å². The molecule has 1 N–H and O–H groups in total. The Kier molecular flexibility index (Phi) is 4.35. The Morgan fingerprint density at radius 1 is 1.44 bits per heavy atom. The van der Waals surface area contributed by atoms with E-state index in [1.807, 2.05) is 0 Å². The van der Waals surface area contributed by atoms with Gasteiger partial charge in [-0.15, -0.1) is 0 Å². The van der Waals surface area contributed by atoms with E-state index >= 15 is 0 Å². The molecule has 0 spiro atoms. The molecular weight excluding hydrogens is 299 g/mol. The van der Waals surface area contributed by atoms with Gasteiger partial charge in [0, 0.05) is 13.1 Å². The number of nitrogens with one attached hydrogen (secondary N) is 1. The van der Waals surface area contributed by atoms with Crippen LogP contribution in [0.3, 0.4) is 0 Å². The minimum Gasteiger partial charge on any atom is -0.339 e. The minimum atomic E-state index is -0.483. The Morgan fingerprint density at radius 2 is 2.11 bits per heavy atom. The molecule has 3 nitrogen and oxygen atoms in total. The van der Waals surface area contributed by atoms with Crippen LogP contribution in [0.4, 0.5) is 4.39 Å². The summed E-state index contributed by atoms with van der Waals surface area (Å²) in [7, 11) is 1.75. The molecule has 2 rings (SSSR count). The summed E-state index contributed by atoms with van der Waals surface area (Å²) in [5, 5.41) is 3.25. The number of halogens is 2. The molecule has 0 aliphatic carbocycles. The number of hydrogen-bond acceptors (Lipinski definition) is 2. The number of carbonyl (C=O) groups excluding carboxylic acids is 1. The highest BCUT2D eigenvalue weighted by molar-refractivity contribution is 9.10. The SMILES string of the molecule is CN(C(=O)c1cccc(Br)c1F)C1CCNCC1. The molecule has 0 aromatic heterocycles. The molecule has 5 heteroatoms. The maximum absolute atomic E-state index is 13.9. The number of carbonyl (C=O) groups is 1. The normalized spacial score (nSPS) is 16.6. The van der Waals surface area contributed by atoms with Gasteiger partial charge >= 0.3 is 0 Å². The Balaban J connectivity index is 2.17. The Labute approximate surface area is 114 Å². The largest absolute Gasteiger partial charge is 0.339 e. The van der Waals surface area contributed by atoms with Gasteiger partial charge in [-0.3, -0.25) is 4.79 Å². The van der Waals surface area contributed by atoms with E-state index in [1.54, 1.807) is 24.1 Å². The van der Waals surface area contributed by atoms with Gasteiger partial charge in [0.05, 0.1) is 10.0 Å². The predicted molar refractivity (Wildman–Crippen MR) is 72.1 cm³/mol. The molecule has 18 heavy (non-hydrogen) atoms. The van der Waals surface area contributed by atoms with Crippen LogP contribution in [-0.2, 0) is 0 Å². The third-order valence-corrected chi connectivity index (χ3v) is 3.97. The molecule has 0 unspecified atom stereocenters. The zero-order valence-electron chi connectivity index (χ0n) is 10.2. The van der Waals surface area contributed by atoms with Crippen LogP contribution >= 0.6 is 15.9 Å². The first kappa shape index (κ1) is 13.5. The number of hydrogen-bond donors (Lipinski definition) is 1. The van der Waals surface area contributed by atoms with Crippen molar-refractivity contribution < 1.29 is 9.18 Å². The van der Waals surface area contributed by atoms with Gasteiger partial charge in [0.2, 0.25) is 0 Å². The highest BCUT2D eigenvalue weighted by Crippen LogP contribution is 2.21. The molecule has 1 amide bonds. The summed E-state index contributed by atoms with van der Waals surface area (Å²) in [4.78, 5) is 13.9. The van der Waals surface area contributed by atoms with Crippen LogP contribution in [0.25, 0.3) is 0 Å². The standard InChI is InChI=1S/C13H16BrFN2O/c1-17(9-5-7-16-8-6-9)13(18)10-3-2-4-11(14)12(10)15/h2-4,9,16H,5-8H2,1H3. The van der Waals surface area contributed by atoms with Crippen LogP contribution in [0.1, 0.15) is 23.2 Å². The molecule has 0 radical (unpaired) electrons. The molecule has 1 aliphatic rings. The predicted octanol–water partition coefficient (Wildman–Crippen LogP) is 2.41. The monoisotopic (exact) mass is 314 g/mol. The number of amides is 1. The first-order chi connectivity index (χ1) is 8.61. The summed E-state index contributed by atoms with van der Waals surface area (Å²) in [6, 6.07) is 4.99. The summed E-state index contributed by atoms with van der Waals surface area (Å²) in [6.45, 7) is 1.81. The van der Waals surface area contributed by atoms with Crippen molar-refractivity contribution in [3.8, 4) is 0 Å². The summed E-state index contributed by atoms with van der Waals surface area (Å²) in [5.41, 5.74) is 0.130. The molecule has 1 saturated heterocycles. The van der Waals surface area contributed by atoms with E-state index in [4.69, 9.17) is 0 Å². The van der Waals surface area contributed by atoms with Crippen molar-refractivity contribution in [2.24, 2.45) is 0 Å². The fourth-order valence-corrected chi connectivity index (χ4v) is 2.58. The number of piperidine rings is 1. The van der Waals surface area contributed by atoms with E-state index in [-0.39, 0.29) is 17.5 Å².